The maximum absolute atomic E-state index is 11.9. The van der Waals surface area contributed by atoms with E-state index in [1.807, 2.05) is 18.2 Å². The number of nitrogen functional groups attached to an aromatic ring is 1. The molecular weight excluding hydrogens is 262 g/mol. The molecule has 0 spiro atoms. The molecule has 0 saturated carbocycles. The number of aromatic nitrogens is 2. The number of carbonyl (C=O) groups is 1. The number of thiazole rings is 1. The van der Waals surface area contributed by atoms with Crippen molar-refractivity contribution in [3.8, 4) is 0 Å². The van der Waals surface area contributed by atoms with Crippen LogP contribution in [0.4, 0.5) is 10.9 Å². The van der Waals surface area contributed by atoms with Crippen LogP contribution in [0, 0.1) is 0 Å². The fourth-order valence-corrected chi connectivity index (χ4v) is 2.29. The number of carbonyl (C=O) groups excluding carboxylic acids is 1. The van der Waals surface area contributed by atoms with Crippen molar-refractivity contribution in [2.24, 2.45) is 0 Å². The van der Waals surface area contributed by atoms with Gasteiger partial charge in [0.2, 0.25) is 0 Å². The molecule has 0 aliphatic rings. The maximum atomic E-state index is 11.9. The van der Waals surface area contributed by atoms with Crippen molar-refractivity contribution in [1.82, 2.24) is 15.3 Å². The average molecular weight is 277 g/mol. The Hall–Kier alpha value is -2.15. The van der Waals surface area contributed by atoms with E-state index in [2.05, 4.69) is 20.6 Å². The van der Waals surface area contributed by atoms with E-state index in [0.717, 1.165) is 5.69 Å². The van der Waals surface area contributed by atoms with Crippen LogP contribution in [-0.4, -0.2) is 29.5 Å². The number of pyridine rings is 1. The first-order chi connectivity index (χ1) is 9.20. The lowest BCUT2D eigenvalue weighted by Gasteiger charge is -2.03. The number of rotatable bonds is 5. The van der Waals surface area contributed by atoms with Crippen molar-refractivity contribution >= 4 is 28.2 Å². The van der Waals surface area contributed by atoms with E-state index in [9.17, 15) is 4.79 Å². The van der Waals surface area contributed by atoms with Gasteiger partial charge in [0.05, 0.1) is 0 Å². The molecule has 100 valence electrons. The summed E-state index contributed by atoms with van der Waals surface area (Å²) >= 11 is 1.24. The lowest BCUT2D eigenvalue weighted by Crippen LogP contribution is -2.25. The van der Waals surface area contributed by atoms with Crippen molar-refractivity contribution in [2.75, 3.05) is 24.6 Å². The highest BCUT2D eigenvalue weighted by molar-refractivity contribution is 7.18. The number of nitrogens with one attached hydrogen (secondary N) is 2. The average Bonchev–Trinajstić information content (AvgIpc) is 2.81. The summed E-state index contributed by atoms with van der Waals surface area (Å²) in [4.78, 5) is 20.6. The molecule has 2 aromatic rings. The van der Waals surface area contributed by atoms with Crippen LogP contribution < -0.4 is 16.4 Å². The summed E-state index contributed by atoms with van der Waals surface area (Å²) in [5.41, 5.74) is 6.63. The van der Waals surface area contributed by atoms with Crippen molar-refractivity contribution in [3.63, 3.8) is 0 Å². The SMILES string of the molecule is CNc1nc(N)c(C(=O)NCCc2ccccn2)s1. The molecule has 0 atom stereocenters. The van der Waals surface area contributed by atoms with Crippen LogP contribution >= 0.6 is 11.3 Å². The minimum atomic E-state index is -0.201. The van der Waals surface area contributed by atoms with E-state index < -0.39 is 0 Å². The molecule has 2 aromatic heterocycles. The molecule has 2 rings (SSSR count). The zero-order valence-corrected chi connectivity index (χ0v) is 11.3. The van der Waals surface area contributed by atoms with Gasteiger partial charge in [-0.15, -0.1) is 0 Å². The monoisotopic (exact) mass is 277 g/mol. The molecule has 0 saturated heterocycles. The molecule has 1 amide bonds. The highest BCUT2D eigenvalue weighted by Crippen LogP contribution is 2.24. The first-order valence-electron chi connectivity index (χ1n) is 5.83. The number of hydrogen-bond acceptors (Lipinski definition) is 6. The second-order valence-electron chi connectivity index (χ2n) is 3.81. The predicted octanol–water partition coefficient (Wildman–Crippen LogP) is 1.13. The van der Waals surface area contributed by atoms with Crippen molar-refractivity contribution in [1.29, 1.82) is 0 Å². The summed E-state index contributed by atoms with van der Waals surface area (Å²) in [7, 11) is 1.74. The summed E-state index contributed by atoms with van der Waals surface area (Å²) in [6.45, 7) is 0.516. The van der Waals surface area contributed by atoms with Gasteiger partial charge >= 0.3 is 0 Å². The summed E-state index contributed by atoms with van der Waals surface area (Å²) in [6, 6.07) is 5.70. The van der Waals surface area contributed by atoms with Crippen LogP contribution in [0.1, 0.15) is 15.4 Å². The van der Waals surface area contributed by atoms with Crippen molar-refractivity contribution < 1.29 is 4.79 Å². The fraction of sp³-hybridized carbons (Fsp3) is 0.250. The van der Waals surface area contributed by atoms with Crippen LogP contribution in [0.25, 0.3) is 0 Å². The number of nitrogens with two attached hydrogens (primary N) is 1. The minimum absolute atomic E-state index is 0.201. The Kier molecular flexibility index (Phi) is 4.30. The summed E-state index contributed by atoms with van der Waals surface area (Å²) in [6.07, 6.45) is 2.42. The minimum Gasteiger partial charge on any atom is -0.382 e. The van der Waals surface area contributed by atoms with Crippen LogP contribution in [0.3, 0.4) is 0 Å². The molecule has 0 fully saturated rings. The Labute approximate surface area is 115 Å². The standard InChI is InChI=1S/C12H15N5OS/c1-14-12-17-10(13)9(19-12)11(18)16-7-5-8-4-2-3-6-15-8/h2-4,6H,5,7,13H2,1H3,(H,14,17)(H,16,18). The van der Waals surface area contributed by atoms with Crippen LogP contribution in [0.2, 0.25) is 0 Å². The van der Waals surface area contributed by atoms with E-state index in [0.29, 0.717) is 23.0 Å². The third-order valence-electron chi connectivity index (χ3n) is 2.47. The van der Waals surface area contributed by atoms with Gasteiger partial charge in [-0.25, -0.2) is 4.98 Å². The summed E-state index contributed by atoms with van der Waals surface area (Å²) in [5.74, 6) is 0.0529. The fourth-order valence-electron chi connectivity index (χ4n) is 1.53. The Morgan fingerprint density at radius 3 is 2.95 bits per heavy atom. The highest BCUT2D eigenvalue weighted by atomic mass is 32.1. The van der Waals surface area contributed by atoms with Gasteiger partial charge in [-0.2, -0.15) is 0 Å². The number of anilines is 2. The topological polar surface area (TPSA) is 92.9 Å². The lowest BCUT2D eigenvalue weighted by molar-refractivity contribution is 0.0959. The Morgan fingerprint density at radius 1 is 1.47 bits per heavy atom. The summed E-state index contributed by atoms with van der Waals surface area (Å²) in [5, 5.41) is 6.30. The molecular formula is C12H15N5OS. The Bertz CT molecular complexity index is 555. The second-order valence-corrected chi connectivity index (χ2v) is 4.81. The number of hydrogen-bond donors (Lipinski definition) is 3. The molecule has 0 bridgehead atoms. The zero-order chi connectivity index (χ0) is 13.7. The highest BCUT2D eigenvalue weighted by Gasteiger charge is 2.15. The van der Waals surface area contributed by atoms with Gasteiger partial charge in [0.15, 0.2) is 5.13 Å². The van der Waals surface area contributed by atoms with Gasteiger partial charge in [-0.3, -0.25) is 9.78 Å². The van der Waals surface area contributed by atoms with E-state index in [4.69, 9.17) is 5.73 Å². The molecule has 2 heterocycles. The first-order valence-corrected chi connectivity index (χ1v) is 6.64. The first kappa shape index (κ1) is 13.3. The molecule has 4 N–H and O–H groups in total. The number of nitrogens with zero attached hydrogens (tertiary/aromatic N) is 2. The normalized spacial score (nSPS) is 10.2. The van der Waals surface area contributed by atoms with E-state index in [1.54, 1.807) is 13.2 Å². The summed E-state index contributed by atoms with van der Waals surface area (Å²) < 4.78 is 0. The molecule has 6 nitrogen and oxygen atoms in total. The van der Waals surface area contributed by atoms with Gasteiger partial charge < -0.3 is 16.4 Å². The van der Waals surface area contributed by atoms with Crippen LogP contribution in [0.15, 0.2) is 24.4 Å². The van der Waals surface area contributed by atoms with Crippen molar-refractivity contribution in [3.05, 3.63) is 35.0 Å². The number of amides is 1. The Balaban J connectivity index is 1.89. The molecule has 7 heteroatoms. The van der Waals surface area contributed by atoms with Gasteiger partial charge in [-0.05, 0) is 12.1 Å². The molecule has 19 heavy (non-hydrogen) atoms. The molecule has 0 unspecified atom stereocenters. The van der Waals surface area contributed by atoms with Crippen molar-refractivity contribution in [2.45, 2.75) is 6.42 Å². The van der Waals surface area contributed by atoms with Crippen LogP contribution in [0.5, 0.6) is 0 Å². The Morgan fingerprint density at radius 2 is 2.32 bits per heavy atom. The van der Waals surface area contributed by atoms with Crippen LogP contribution in [-0.2, 0) is 6.42 Å². The predicted molar refractivity (Wildman–Crippen MR) is 76.3 cm³/mol. The van der Waals surface area contributed by atoms with Gasteiger partial charge in [0.25, 0.3) is 5.91 Å². The van der Waals surface area contributed by atoms with E-state index >= 15 is 0 Å². The zero-order valence-electron chi connectivity index (χ0n) is 10.5. The molecule has 0 aromatic carbocycles. The van der Waals surface area contributed by atoms with E-state index in [1.165, 1.54) is 11.3 Å². The third-order valence-corrected chi connectivity index (χ3v) is 3.55. The second kappa shape index (κ2) is 6.14. The third kappa shape index (κ3) is 3.41. The van der Waals surface area contributed by atoms with E-state index in [-0.39, 0.29) is 11.7 Å². The smallest absolute Gasteiger partial charge is 0.265 e. The molecule has 0 aliphatic carbocycles. The lowest BCUT2D eigenvalue weighted by atomic mass is 10.3. The molecule has 0 aliphatic heterocycles. The largest absolute Gasteiger partial charge is 0.382 e. The maximum Gasteiger partial charge on any atom is 0.265 e. The van der Waals surface area contributed by atoms with Gasteiger partial charge in [-0.1, -0.05) is 17.4 Å². The molecule has 0 radical (unpaired) electrons. The van der Waals surface area contributed by atoms with Gasteiger partial charge in [0, 0.05) is 31.9 Å². The van der Waals surface area contributed by atoms with Gasteiger partial charge in [0.1, 0.15) is 10.7 Å². The quantitative estimate of drug-likeness (QED) is 0.762.